The van der Waals surface area contributed by atoms with Crippen LogP contribution in [0, 0.1) is 5.92 Å². The van der Waals surface area contributed by atoms with Crippen LogP contribution in [0.4, 0.5) is 0 Å². The highest BCUT2D eigenvalue weighted by atomic mass is 16.3. The molecule has 0 bridgehead atoms. The molecule has 2 atom stereocenters. The van der Waals surface area contributed by atoms with Crippen LogP contribution in [0.3, 0.4) is 0 Å². The first kappa shape index (κ1) is 27.9. The fourth-order valence-corrected chi connectivity index (χ4v) is 5.10. The Morgan fingerprint density at radius 3 is 1.27 bits per heavy atom. The van der Waals surface area contributed by atoms with E-state index in [1.807, 2.05) is 0 Å². The summed E-state index contributed by atoms with van der Waals surface area (Å²) in [4.78, 5) is 0. The van der Waals surface area contributed by atoms with Crippen LogP contribution in [0.15, 0.2) is 60.7 Å². The number of phenols is 10. The van der Waals surface area contributed by atoms with Crippen molar-refractivity contribution >= 4 is 0 Å². The van der Waals surface area contributed by atoms with Gasteiger partial charge in [0.05, 0.1) is 0 Å². The van der Waals surface area contributed by atoms with Crippen LogP contribution >= 0.6 is 0 Å². The van der Waals surface area contributed by atoms with Crippen LogP contribution < -0.4 is 0 Å². The molecule has 4 aromatic rings. The van der Waals surface area contributed by atoms with E-state index in [0.29, 0.717) is 35.1 Å². The Balaban J connectivity index is 1.80. The molecule has 0 amide bonds. The predicted molar refractivity (Wildman–Crippen MR) is 144 cm³/mol. The second-order valence-electron chi connectivity index (χ2n) is 9.92. The summed E-state index contributed by atoms with van der Waals surface area (Å²) in [7, 11) is 0. The molecule has 4 aromatic carbocycles. The molecule has 0 saturated carbocycles. The van der Waals surface area contributed by atoms with Gasteiger partial charge in [-0.05, 0) is 108 Å². The van der Waals surface area contributed by atoms with Gasteiger partial charge in [0.25, 0.3) is 0 Å². The van der Waals surface area contributed by atoms with Crippen molar-refractivity contribution in [3.63, 3.8) is 0 Å². The van der Waals surface area contributed by atoms with Crippen molar-refractivity contribution in [1.29, 1.82) is 0 Å². The van der Waals surface area contributed by atoms with Gasteiger partial charge in [-0.2, -0.15) is 0 Å². The van der Waals surface area contributed by atoms with Gasteiger partial charge in [0.15, 0.2) is 34.5 Å². The fourth-order valence-electron chi connectivity index (χ4n) is 5.10. The van der Waals surface area contributed by atoms with E-state index in [1.54, 1.807) is 0 Å². The third-order valence-corrected chi connectivity index (χ3v) is 6.90. The van der Waals surface area contributed by atoms with Crippen molar-refractivity contribution in [1.82, 2.24) is 0 Å². The number of aromatic hydroxyl groups is 10. The summed E-state index contributed by atoms with van der Waals surface area (Å²) < 4.78 is 0. The molecule has 4 rings (SSSR count). The van der Waals surface area contributed by atoms with Gasteiger partial charge in [-0.15, -0.1) is 0 Å². The molecule has 0 spiro atoms. The first-order chi connectivity index (χ1) is 18.9. The summed E-state index contributed by atoms with van der Waals surface area (Å²) in [6, 6.07) is 13.5. The van der Waals surface area contributed by atoms with E-state index in [0.717, 1.165) is 0 Å². The topological polar surface area (TPSA) is 202 Å². The van der Waals surface area contributed by atoms with Crippen molar-refractivity contribution in [2.75, 3.05) is 0 Å². The van der Waals surface area contributed by atoms with Gasteiger partial charge in [0, 0.05) is 12.1 Å². The van der Waals surface area contributed by atoms with E-state index in [4.69, 9.17) is 0 Å². The molecular weight excluding hydrogens is 520 g/mol. The average molecular weight is 551 g/mol. The normalized spacial score (nSPS) is 12.7. The second kappa shape index (κ2) is 11.3. The number of aryl methyl sites for hydroxylation is 1. The maximum Gasteiger partial charge on any atom is 0.200 e. The summed E-state index contributed by atoms with van der Waals surface area (Å²) in [5.74, 6) is -5.00. The molecule has 0 aliphatic heterocycles. The Morgan fingerprint density at radius 1 is 0.425 bits per heavy atom. The van der Waals surface area contributed by atoms with Crippen LogP contribution in [-0.2, 0) is 19.3 Å². The van der Waals surface area contributed by atoms with E-state index in [9.17, 15) is 51.1 Å². The van der Waals surface area contributed by atoms with Gasteiger partial charge >= 0.3 is 0 Å². The minimum Gasteiger partial charge on any atom is -0.508 e. The standard InChI is InChI=1S/C30H30O10/c31-20-4-15(5-21(32)13-20)1-2-18(3-16-7-25(35)29(39)26(36)8-16)24(19-11-22(33)14-23(34)12-19)6-17-9-27(37)30(40)28(38)10-17/h4-5,7-14,18,24,31-40H,1-3,6H2/t18-,24-/m0/s1. The lowest BCUT2D eigenvalue weighted by Gasteiger charge is -2.29. The SMILES string of the molecule is Oc1cc(O)cc(CC[C@@H](Cc2cc(O)c(O)c(O)c2)[C@H](Cc2cc(O)c(O)c(O)c2)c2cc(O)cc(O)c2)c1. The van der Waals surface area contributed by atoms with Crippen molar-refractivity contribution in [2.45, 2.75) is 31.6 Å². The zero-order chi connectivity index (χ0) is 29.1. The molecular formula is C30H30O10. The van der Waals surface area contributed by atoms with Crippen molar-refractivity contribution < 1.29 is 51.1 Å². The summed E-state index contributed by atoms with van der Waals surface area (Å²) in [6.45, 7) is 0. The van der Waals surface area contributed by atoms with E-state index in [-0.39, 0.29) is 41.8 Å². The van der Waals surface area contributed by atoms with Gasteiger partial charge < -0.3 is 51.1 Å². The van der Waals surface area contributed by atoms with Crippen molar-refractivity contribution in [3.05, 3.63) is 82.9 Å². The van der Waals surface area contributed by atoms with Gasteiger partial charge in [-0.3, -0.25) is 0 Å². The maximum atomic E-state index is 10.3. The Kier molecular flexibility index (Phi) is 7.90. The summed E-state index contributed by atoms with van der Waals surface area (Å²) >= 11 is 0. The van der Waals surface area contributed by atoms with Crippen LogP contribution in [0.5, 0.6) is 57.5 Å². The average Bonchev–Trinajstić information content (AvgIpc) is 2.85. The summed E-state index contributed by atoms with van der Waals surface area (Å²) in [5, 5.41) is 100. The molecule has 0 saturated heterocycles. The van der Waals surface area contributed by atoms with Crippen molar-refractivity contribution in [3.8, 4) is 57.5 Å². The molecule has 0 fully saturated rings. The molecule has 0 aliphatic carbocycles. The second-order valence-corrected chi connectivity index (χ2v) is 9.92. The molecule has 0 unspecified atom stereocenters. The lowest BCUT2D eigenvalue weighted by Crippen LogP contribution is -2.19. The largest absolute Gasteiger partial charge is 0.508 e. The van der Waals surface area contributed by atoms with Gasteiger partial charge in [0.1, 0.15) is 23.0 Å². The summed E-state index contributed by atoms with van der Waals surface area (Å²) in [6.07, 6.45) is 1.11. The Labute approximate surface area is 229 Å². The number of benzene rings is 4. The molecule has 10 nitrogen and oxygen atoms in total. The Hall–Kier alpha value is -5.12. The van der Waals surface area contributed by atoms with E-state index < -0.39 is 40.4 Å². The molecule has 0 aromatic heterocycles. The third-order valence-electron chi connectivity index (χ3n) is 6.90. The predicted octanol–water partition coefficient (Wildman–Crippen LogP) is 4.56. The lowest BCUT2D eigenvalue weighted by atomic mass is 9.75. The number of phenolic OH excluding ortho intramolecular Hbond substituents is 10. The highest BCUT2D eigenvalue weighted by Gasteiger charge is 2.27. The quantitative estimate of drug-likeness (QED) is 0.132. The van der Waals surface area contributed by atoms with Crippen LogP contribution in [0.2, 0.25) is 0 Å². The maximum absolute atomic E-state index is 10.3. The number of hydrogen-bond acceptors (Lipinski definition) is 10. The molecule has 210 valence electrons. The third kappa shape index (κ3) is 6.47. The molecule has 40 heavy (non-hydrogen) atoms. The van der Waals surface area contributed by atoms with Gasteiger partial charge in [-0.25, -0.2) is 0 Å². The van der Waals surface area contributed by atoms with E-state index in [1.165, 1.54) is 60.7 Å². The van der Waals surface area contributed by atoms with Crippen LogP contribution in [0.25, 0.3) is 0 Å². The van der Waals surface area contributed by atoms with Crippen molar-refractivity contribution in [2.24, 2.45) is 5.92 Å². The lowest BCUT2D eigenvalue weighted by molar-refractivity contribution is 0.359. The first-order valence-electron chi connectivity index (χ1n) is 12.4. The first-order valence-corrected chi connectivity index (χ1v) is 12.4. The minimum absolute atomic E-state index is 0.121. The molecule has 10 heteroatoms. The highest BCUT2D eigenvalue weighted by molar-refractivity contribution is 5.53. The van der Waals surface area contributed by atoms with E-state index in [2.05, 4.69) is 0 Å². The zero-order valence-corrected chi connectivity index (χ0v) is 21.2. The smallest absolute Gasteiger partial charge is 0.200 e. The molecule has 0 heterocycles. The van der Waals surface area contributed by atoms with Crippen LogP contribution in [-0.4, -0.2) is 51.1 Å². The minimum atomic E-state index is -0.675. The monoisotopic (exact) mass is 550 g/mol. The van der Waals surface area contributed by atoms with E-state index >= 15 is 0 Å². The fraction of sp³-hybridized carbons (Fsp3) is 0.200. The zero-order valence-electron chi connectivity index (χ0n) is 21.2. The highest BCUT2D eigenvalue weighted by Crippen LogP contribution is 2.43. The van der Waals surface area contributed by atoms with Gasteiger partial charge in [0.2, 0.25) is 0 Å². The Bertz CT molecular complexity index is 1440. The Morgan fingerprint density at radius 2 is 0.825 bits per heavy atom. The molecule has 0 radical (unpaired) electrons. The number of hydrogen-bond donors (Lipinski definition) is 10. The molecule has 10 N–H and O–H groups in total. The van der Waals surface area contributed by atoms with Gasteiger partial charge in [-0.1, -0.05) is 0 Å². The number of rotatable bonds is 9. The molecule has 0 aliphatic rings. The van der Waals surface area contributed by atoms with Crippen LogP contribution in [0.1, 0.15) is 34.6 Å². The summed E-state index contributed by atoms with van der Waals surface area (Å²) in [5.41, 5.74) is 2.01.